The molecule has 0 saturated carbocycles. The predicted octanol–water partition coefficient (Wildman–Crippen LogP) is 3.78. The third kappa shape index (κ3) is 2.36. The van der Waals surface area contributed by atoms with Gasteiger partial charge >= 0.3 is 5.97 Å². The highest BCUT2D eigenvalue weighted by atomic mass is 16.5. The summed E-state index contributed by atoms with van der Waals surface area (Å²) in [5.74, 6) is 0.242. The summed E-state index contributed by atoms with van der Waals surface area (Å²) >= 11 is 0. The van der Waals surface area contributed by atoms with Gasteiger partial charge in [-0.05, 0) is 31.0 Å². The lowest BCUT2D eigenvalue weighted by Gasteiger charge is -2.08. The van der Waals surface area contributed by atoms with E-state index >= 15 is 0 Å². The molecule has 0 radical (unpaired) electrons. The van der Waals surface area contributed by atoms with Crippen LogP contribution >= 0.6 is 0 Å². The monoisotopic (exact) mass is 300 g/mol. The van der Waals surface area contributed by atoms with Crippen molar-refractivity contribution in [1.29, 1.82) is 0 Å². The van der Waals surface area contributed by atoms with Gasteiger partial charge in [-0.2, -0.15) is 0 Å². The zero-order chi connectivity index (χ0) is 15.7. The van der Waals surface area contributed by atoms with Gasteiger partial charge in [-0.3, -0.25) is 0 Å². The Bertz CT molecular complexity index is 803. The highest BCUT2D eigenvalue weighted by Gasteiger charge is 2.24. The molecule has 3 rings (SSSR count). The fourth-order valence-electron chi connectivity index (χ4n) is 2.22. The minimum Gasteiger partial charge on any atom is -0.463 e. The first kappa shape index (κ1) is 14.3. The van der Waals surface area contributed by atoms with Crippen LogP contribution in [0.25, 0.3) is 22.6 Å². The number of furan rings is 1. The van der Waals surface area contributed by atoms with Crippen molar-refractivity contribution < 1.29 is 18.5 Å². The van der Waals surface area contributed by atoms with Crippen LogP contribution < -0.4 is 0 Å². The molecule has 114 valence electrons. The molecule has 0 spiro atoms. The Kier molecular flexibility index (Phi) is 3.66. The third-order valence-corrected chi connectivity index (χ3v) is 3.31. The van der Waals surface area contributed by atoms with Crippen molar-refractivity contribution >= 4 is 17.1 Å². The molecule has 0 saturated heterocycles. The van der Waals surface area contributed by atoms with Crippen LogP contribution in [-0.4, -0.2) is 22.7 Å². The molecular formula is C16H16N2O4. The van der Waals surface area contributed by atoms with E-state index < -0.39 is 5.97 Å². The minimum atomic E-state index is -0.423. The van der Waals surface area contributed by atoms with Crippen LogP contribution in [-0.2, 0) is 4.74 Å². The molecule has 0 aliphatic rings. The van der Waals surface area contributed by atoms with E-state index in [2.05, 4.69) is 10.1 Å². The first-order valence-electron chi connectivity index (χ1n) is 7.13. The number of ether oxygens (including phenoxy) is 1. The topological polar surface area (TPSA) is 78.4 Å². The molecule has 6 nitrogen and oxygen atoms in total. The Hall–Kier alpha value is -2.63. The van der Waals surface area contributed by atoms with Gasteiger partial charge < -0.3 is 13.7 Å². The number of pyridine rings is 1. The number of hydrogen-bond donors (Lipinski definition) is 0. The van der Waals surface area contributed by atoms with Gasteiger partial charge in [0.25, 0.3) is 5.71 Å². The van der Waals surface area contributed by atoms with Crippen LogP contribution in [0.3, 0.4) is 0 Å². The van der Waals surface area contributed by atoms with Crippen molar-refractivity contribution in [2.24, 2.45) is 0 Å². The number of carbonyl (C=O) groups is 1. The van der Waals surface area contributed by atoms with Gasteiger partial charge in [-0.25, -0.2) is 9.78 Å². The molecule has 3 aromatic heterocycles. The van der Waals surface area contributed by atoms with Gasteiger partial charge in [-0.1, -0.05) is 19.0 Å². The fourth-order valence-corrected chi connectivity index (χ4v) is 2.22. The molecule has 0 unspecified atom stereocenters. The summed E-state index contributed by atoms with van der Waals surface area (Å²) in [6, 6.07) is 5.23. The number of hydrogen-bond acceptors (Lipinski definition) is 6. The second kappa shape index (κ2) is 5.63. The minimum absolute atomic E-state index is 0.148. The van der Waals surface area contributed by atoms with E-state index in [1.54, 1.807) is 25.1 Å². The van der Waals surface area contributed by atoms with Gasteiger partial charge in [0.1, 0.15) is 0 Å². The molecule has 0 N–H and O–H groups in total. The van der Waals surface area contributed by atoms with Gasteiger partial charge in [0.2, 0.25) is 0 Å². The number of aromatic nitrogens is 2. The number of esters is 1. The maximum atomic E-state index is 12.3. The van der Waals surface area contributed by atoms with E-state index in [1.807, 2.05) is 13.8 Å². The van der Waals surface area contributed by atoms with E-state index in [1.165, 1.54) is 6.26 Å². The van der Waals surface area contributed by atoms with Crippen molar-refractivity contribution in [2.75, 3.05) is 6.61 Å². The van der Waals surface area contributed by atoms with Crippen LogP contribution in [0.1, 0.15) is 42.7 Å². The maximum absolute atomic E-state index is 12.3. The van der Waals surface area contributed by atoms with Gasteiger partial charge in [0.15, 0.2) is 11.5 Å². The van der Waals surface area contributed by atoms with Gasteiger partial charge in [0.05, 0.1) is 23.8 Å². The standard InChI is InChI=1S/C16H16N2O4/c1-4-20-16(19)10-8-11(9(2)3)17-15-13(10)14(18-22-15)12-6-5-7-21-12/h5-9H,4H2,1-3H3. The highest BCUT2D eigenvalue weighted by Crippen LogP contribution is 2.32. The van der Waals surface area contributed by atoms with Crippen LogP contribution in [0.4, 0.5) is 0 Å². The molecular weight excluding hydrogens is 284 g/mol. The smallest absolute Gasteiger partial charge is 0.339 e. The first-order chi connectivity index (χ1) is 10.6. The average Bonchev–Trinajstić information content (AvgIpc) is 3.14. The number of carbonyl (C=O) groups excluding carboxylic acids is 1. The van der Waals surface area contributed by atoms with E-state index in [4.69, 9.17) is 13.7 Å². The zero-order valence-electron chi connectivity index (χ0n) is 12.6. The second-order valence-corrected chi connectivity index (χ2v) is 5.16. The largest absolute Gasteiger partial charge is 0.463 e. The lowest BCUT2D eigenvalue weighted by Crippen LogP contribution is -2.07. The quantitative estimate of drug-likeness (QED) is 0.682. The summed E-state index contributed by atoms with van der Waals surface area (Å²) in [5.41, 5.74) is 1.90. The van der Waals surface area contributed by atoms with E-state index in [0.717, 1.165) is 5.69 Å². The van der Waals surface area contributed by atoms with Crippen molar-refractivity contribution in [3.8, 4) is 11.5 Å². The molecule has 0 amide bonds. The van der Waals surface area contributed by atoms with Crippen molar-refractivity contribution in [2.45, 2.75) is 26.7 Å². The Morgan fingerprint density at radius 3 is 2.86 bits per heavy atom. The predicted molar refractivity (Wildman–Crippen MR) is 79.6 cm³/mol. The molecule has 3 heterocycles. The molecule has 6 heteroatoms. The number of fused-ring (bicyclic) bond motifs is 1. The average molecular weight is 300 g/mol. The number of rotatable bonds is 4. The SMILES string of the molecule is CCOC(=O)c1cc(C(C)C)nc2onc(-c3ccco3)c12. The number of nitrogens with zero attached hydrogens (tertiary/aromatic N) is 2. The Balaban J connectivity index is 2.27. The molecule has 0 aromatic carbocycles. The lowest BCUT2D eigenvalue weighted by atomic mass is 10.0. The normalized spacial score (nSPS) is 11.3. The van der Waals surface area contributed by atoms with Gasteiger partial charge in [-0.15, -0.1) is 0 Å². The van der Waals surface area contributed by atoms with Crippen LogP contribution in [0.5, 0.6) is 0 Å². The zero-order valence-corrected chi connectivity index (χ0v) is 12.6. The van der Waals surface area contributed by atoms with Crippen LogP contribution in [0.2, 0.25) is 0 Å². The summed E-state index contributed by atoms with van der Waals surface area (Å²) in [6.07, 6.45) is 1.54. The Labute approximate surface area is 127 Å². The summed E-state index contributed by atoms with van der Waals surface area (Å²) in [5, 5.41) is 4.51. The fraction of sp³-hybridized carbons (Fsp3) is 0.312. The molecule has 0 aliphatic heterocycles. The van der Waals surface area contributed by atoms with Crippen molar-refractivity contribution in [3.05, 3.63) is 35.7 Å². The van der Waals surface area contributed by atoms with Crippen LogP contribution in [0, 0.1) is 0 Å². The van der Waals surface area contributed by atoms with Crippen molar-refractivity contribution in [3.63, 3.8) is 0 Å². The van der Waals surface area contributed by atoms with E-state index in [9.17, 15) is 4.79 Å². The second-order valence-electron chi connectivity index (χ2n) is 5.16. The highest BCUT2D eigenvalue weighted by molar-refractivity contribution is 6.07. The van der Waals surface area contributed by atoms with Crippen LogP contribution in [0.15, 0.2) is 33.4 Å². The summed E-state index contributed by atoms with van der Waals surface area (Å²) in [6.45, 7) is 6.04. The first-order valence-corrected chi connectivity index (χ1v) is 7.13. The summed E-state index contributed by atoms with van der Waals surface area (Å²) in [4.78, 5) is 16.7. The molecule has 3 aromatic rings. The van der Waals surface area contributed by atoms with Gasteiger partial charge in [0, 0.05) is 5.69 Å². The lowest BCUT2D eigenvalue weighted by molar-refractivity contribution is 0.0528. The van der Waals surface area contributed by atoms with E-state index in [0.29, 0.717) is 34.7 Å². The maximum Gasteiger partial charge on any atom is 0.339 e. The van der Waals surface area contributed by atoms with Crippen molar-refractivity contribution in [1.82, 2.24) is 10.1 Å². The molecule has 0 bridgehead atoms. The third-order valence-electron chi connectivity index (χ3n) is 3.31. The summed E-state index contributed by atoms with van der Waals surface area (Å²) in [7, 11) is 0. The molecule has 0 atom stereocenters. The van der Waals surface area contributed by atoms with E-state index in [-0.39, 0.29) is 5.92 Å². The Morgan fingerprint density at radius 1 is 1.41 bits per heavy atom. The molecule has 22 heavy (non-hydrogen) atoms. The molecule has 0 aliphatic carbocycles. The summed E-state index contributed by atoms with van der Waals surface area (Å²) < 4.78 is 15.8. The Morgan fingerprint density at radius 2 is 2.23 bits per heavy atom. The molecule has 0 fully saturated rings.